The average molecular weight is 336 g/mol. The Bertz CT molecular complexity index is 1070. The second kappa shape index (κ2) is 5.09. The van der Waals surface area contributed by atoms with Gasteiger partial charge >= 0.3 is 11.6 Å². The van der Waals surface area contributed by atoms with Crippen molar-refractivity contribution in [3.05, 3.63) is 62.9 Å². The normalized spacial score (nSPS) is 18.9. The van der Waals surface area contributed by atoms with E-state index in [-0.39, 0.29) is 23.9 Å². The van der Waals surface area contributed by atoms with Gasteiger partial charge in [-0.05, 0) is 55.5 Å². The van der Waals surface area contributed by atoms with Gasteiger partial charge in [0.2, 0.25) is 0 Å². The Morgan fingerprint density at radius 1 is 1.16 bits per heavy atom. The molecule has 1 aliphatic carbocycles. The average Bonchev–Trinajstić information content (AvgIpc) is 3.25. The number of rotatable bonds is 1. The molecule has 0 radical (unpaired) electrons. The van der Waals surface area contributed by atoms with Crippen molar-refractivity contribution in [3.8, 4) is 5.75 Å². The standard InChI is InChI=1S/C20H16O5/c1-10-8-15-18(11-4-2-5-12(11)20(22)24-15)19-17(10)13(9-16(21)25-19)14-6-3-7-23-14/h3,6-8,13H,2,4-5,9H2,1H3/t13-/m0/s1. The summed E-state index contributed by atoms with van der Waals surface area (Å²) < 4.78 is 16.8. The number of carbonyl (C=O) groups is 1. The fourth-order valence-corrected chi connectivity index (χ4v) is 4.24. The highest BCUT2D eigenvalue weighted by molar-refractivity contribution is 5.94. The lowest BCUT2D eigenvalue weighted by atomic mass is 9.85. The number of carbonyl (C=O) groups excluding carboxylic acids is 1. The molecule has 5 nitrogen and oxygen atoms in total. The smallest absolute Gasteiger partial charge is 0.339 e. The molecule has 0 spiro atoms. The molecule has 3 aromatic rings. The highest BCUT2D eigenvalue weighted by Crippen LogP contribution is 2.46. The van der Waals surface area contributed by atoms with Gasteiger partial charge in [0.15, 0.2) is 0 Å². The minimum absolute atomic E-state index is 0.181. The number of aryl methyl sites for hydroxylation is 2. The van der Waals surface area contributed by atoms with Gasteiger partial charge in [0.25, 0.3) is 0 Å². The first-order valence-electron chi connectivity index (χ1n) is 8.49. The zero-order valence-electron chi connectivity index (χ0n) is 13.8. The maximum Gasteiger partial charge on any atom is 0.339 e. The van der Waals surface area contributed by atoms with Crippen LogP contribution in [-0.2, 0) is 17.6 Å². The van der Waals surface area contributed by atoms with Crippen molar-refractivity contribution in [2.24, 2.45) is 0 Å². The highest BCUT2D eigenvalue weighted by Gasteiger charge is 2.35. The minimum Gasteiger partial charge on any atom is -0.469 e. The zero-order chi connectivity index (χ0) is 17.1. The largest absolute Gasteiger partial charge is 0.469 e. The van der Waals surface area contributed by atoms with E-state index in [4.69, 9.17) is 13.6 Å². The molecule has 5 rings (SSSR count). The van der Waals surface area contributed by atoms with E-state index in [0.717, 1.165) is 46.2 Å². The number of furan rings is 1. The van der Waals surface area contributed by atoms with Crippen molar-refractivity contribution in [3.63, 3.8) is 0 Å². The van der Waals surface area contributed by atoms with Gasteiger partial charge in [-0.3, -0.25) is 4.79 Å². The minimum atomic E-state index is -0.293. The number of esters is 1. The molecule has 5 heteroatoms. The highest BCUT2D eigenvalue weighted by atomic mass is 16.5. The molecule has 126 valence electrons. The molecule has 0 unspecified atom stereocenters. The summed E-state index contributed by atoms with van der Waals surface area (Å²) in [7, 11) is 0. The molecular formula is C20H16O5. The summed E-state index contributed by atoms with van der Waals surface area (Å²) in [5.74, 6) is 0.808. The first kappa shape index (κ1) is 14.5. The third-order valence-electron chi connectivity index (χ3n) is 5.28. The van der Waals surface area contributed by atoms with Crippen molar-refractivity contribution in [2.45, 2.75) is 38.5 Å². The molecule has 2 aromatic heterocycles. The Hall–Kier alpha value is -2.82. The molecule has 0 bridgehead atoms. The number of fused-ring (bicyclic) bond motifs is 5. The van der Waals surface area contributed by atoms with Crippen LogP contribution >= 0.6 is 0 Å². The SMILES string of the molecule is Cc1cc2oc(=O)c3c(c2c2c1[C@H](c1ccco1)CC(=O)O2)CCC3. The first-order chi connectivity index (χ1) is 12.1. The van der Waals surface area contributed by atoms with Crippen LogP contribution in [0, 0.1) is 6.92 Å². The van der Waals surface area contributed by atoms with E-state index in [1.807, 2.05) is 25.1 Å². The predicted octanol–water partition coefficient (Wildman–Crippen LogP) is 3.62. The molecular weight excluding hydrogens is 320 g/mol. The van der Waals surface area contributed by atoms with Gasteiger partial charge in [-0.25, -0.2) is 4.79 Å². The van der Waals surface area contributed by atoms with Crippen molar-refractivity contribution in [1.29, 1.82) is 0 Å². The summed E-state index contributed by atoms with van der Waals surface area (Å²) in [4.78, 5) is 24.5. The van der Waals surface area contributed by atoms with Crippen LogP contribution in [0.15, 0.2) is 38.1 Å². The van der Waals surface area contributed by atoms with Crippen molar-refractivity contribution < 1.29 is 18.4 Å². The van der Waals surface area contributed by atoms with E-state index in [2.05, 4.69) is 0 Å². The molecule has 0 saturated carbocycles. The van der Waals surface area contributed by atoms with Crippen LogP contribution < -0.4 is 10.4 Å². The van der Waals surface area contributed by atoms with E-state index in [0.29, 0.717) is 17.8 Å². The lowest BCUT2D eigenvalue weighted by Crippen LogP contribution is -2.22. The van der Waals surface area contributed by atoms with Crippen molar-refractivity contribution in [1.82, 2.24) is 0 Å². The maximum atomic E-state index is 12.3. The predicted molar refractivity (Wildman–Crippen MR) is 90.0 cm³/mol. The molecule has 0 fully saturated rings. The van der Waals surface area contributed by atoms with Gasteiger partial charge < -0.3 is 13.6 Å². The molecule has 0 N–H and O–H groups in total. The van der Waals surface area contributed by atoms with Gasteiger partial charge in [-0.1, -0.05) is 0 Å². The van der Waals surface area contributed by atoms with Gasteiger partial charge in [0.05, 0.1) is 24.0 Å². The van der Waals surface area contributed by atoms with Crippen LogP contribution in [0.2, 0.25) is 0 Å². The maximum absolute atomic E-state index is 12.3. The van der Waals surface area contributed by atoms with E-state index < -0.39 is 0 Å². The van der Waals surface area contributed by atoms with Crippen LogP contribution in [0.3, 0.4) is 0 Å². The Morgan fingerprint density at radius 2 is 2.00 bits per heavy atom. The lowest BCUT2D eigenvalue weighted by molar-refractivity contribution is -0.135. The summed E-state index contributed by atoms with van der Waals surface area (Å²) in [6, 6.07) is 5.58. The molecule has 25 heavy (non-hydrogen) atoms. The van der Waals surface area contributed by atoms with E-state index in [9.17, 15) is 9.59 Å². The number of ether oxygens (including phenoxy) is 1. The molecule has 0 saturated heterocycles. The third kappa shape index (κ3) is 2.02. The van der Waals surface area contributed by atoms with Crippen LogP contribution in [-0.4, -0.2) is 5.97 Å². The van der Waals surface area contributed by atoms with Gasteiger partial charge in [0, 0.05) is 11.1 Å². The summed E-state index contributed by atoms with van der Waals surface area (Å²) in [5.41, 5.74) is 3.78. The topological polar surface area (TPSA) is 69.7 Å². The molecule has 1 aromatic carbocycles. The Labute approximate surface area is 143 Å². The molecule has 0 amide bonds. The second-order valence-corrected chi connectivity index (χ2v) is 6.76. The summed E-state index contributed by atoms with van der Waals surface area (Å²) >= 11 is 0. The van der Waals surface area contributed by atoms with Crippen molar-refractivity contribution >= 4 is 16.9 Å². The first-order valence-corrected chi connectivity index (χ1v) is 8.49. The quantitative estimate of drug-likeness (QED) is 0.386. The molecule has 1 aliphatic heterocycles. The number of benzene rings is 1. The van der Waals surface area contributed by atoms with Crippen LogP contribution in [0.25, 0.3) is 11.0 Å². The van der Waals surface area contributed by atoms with Crippen molar-refractivity contribution in [2.75, 3.05) is 0 Å². The van der Waals surface area contributed by atoms with E-state index in [1.165, 1.54) is 0 Å². The second-order valence-electron chi connectivity index (χ2n) is 6.76. The summed E-state index contributed by atoms with van der Waals surface area (Å²) in [6.45, 7) is 1.95. The Balaban J connectivity index is 1.88. The molecule has 1 atom stereocenters. The van der Waals surface area contributed by atoms with Gasteiger partial charge in [-0.2, -0.15) is 0 Å². The molecule has 2 aliphatic rings. The monoisotopic (exact) mass is 336 g/mol. The van der Waals surface area contributed by atoms with E-state index in [1.54, 1.807) is 6.26 Å². The Morgan fingerprint density at radius 3 is 2.80 bits per heavy atom. The zero-order valence-corrected chi connectivity index (χ0v) is 13.8. The third-order valence-corrected chi connectivity index (χ3v) is 5.28. The van der Waals surface area contributed by atoms with Gasteiger partial charge in [-0.15, -0.1) is 0 Å². The lowest BCUT2D eigenvalue weighted by Gasteiger charge is -2.26. The van der Waals surface area contributed by atoms with Crippen LogP contribution in [0.5, 0.6) is 5.75 Å². The number of hydrogen-bond donors (Lipinski definition) is 0. The summed E-state index contributed by atoms with van der Waals surface area (Å²) in [6.07, 6.45) is 4.28. The van der Waals surface area contributed by atoms with E-state index >= 15 is 0 Å². The van der Waals surface area contributed by atoms with Crippen LogP contribution in [0.4, 0.5) is 0 Å². The summed E-state index contributed by atoms with van der Waals surface area (Å²) in [5, 5.41) is 0.775. The molecule has 3 heterocycles. The Kier molecular flexibility index (Phi) is 2.95. The fraction of sp³-hybridized carbons (Fsp3) is 0.300. The van der Waals surface area contributed by atoms with Gasteiger partial charge in [0.1, 0.15) is 17.1 Å². The fourth-order valence-electron chi connectivity index (χ4n) is 4.24. The number of hydrogen-bond acceptors (Lipinski definition) is 5. The van der Waals surface area contributed by atoms with Crippen LogP contribution in [0.1, 0.15) is 46.8 Å².